The van der Waals surface area contributed by atoms with E-state index in [1.54, 1.807) is 27.7 Å². The van der Waals surface area contributed by atoms with Crippen molar-refractivity contribution in [2.75, 3.05) is 13.1 Å². The van der Waals surface area contributed by atoms with Crippen molar-refractivity contribution in [3.63, 3.8) is 0 Å². The van der Waals surface area contributed by atoms with Crippen LogP contribution in [0.4, 0.5) is 0 Å². The molecule has 1 heterocycles. The summed E-state index contributed by atoms with van der Waals surface area (Å²) in [5.41, 5.74) is -2.79. The lowest BCUT2D eigenvalue weighted by molar-refractivity contribution is -0.139. The molecule has 1 saturated heterocycles. The Morgan fingerprint density at radius 3 is 1.85 bits per heavy atom. The maximum atomic E-state index is 14.4. The minimum atomic E-state index is -0.953. The van der Waals surface area contributed by atoms with Gasteiger partial charge >= 0.3 is 5.97 Å². The summed E-state index contributed by atoms with van der Waals surface area (Å²) >= 11 is 0. The quantitative estimate of drug-likeness (QED) is 0.148. The first-order valence-corrected chi connectivity index (χ1v) is 15.2. The number of ketones is 4. The number of phenolic OH excluding ortho intramolecular Hbond substituents is 3. The molecule has 2 aromatic carbocycles. The monoisotopic (exact) mass is 629 g/mol. The number of fused-ring (bicyclic) bond motifs is 2. The Kier molecular flexibility index (Phi) is 8.33. The number of carbonyl (C=O) groups excluding carboxylic acids is 6. The Hall–Kier alpha value is -4.90. The van der Waals surface area contributed by atoms with Crippen molar-refractivity contribution in [3.8, 4) is 23.0 Å². The van der Waals surface area contributed by atoms with Gasteiger partial charge in [-0.15, -0.1) is 0 Å². The third-order valence-electron chi connectivity index (χ3n) is 9.04. The fourth-order valence-corrected chi connectivity index (χ4v) is 6.69. The SMILES string of the molecule is CC1=C(C2=C(C)C(=O)c3c(c(C=O)c(O)c(O)c3C(C)C)C2=O)C(=O)c2cc(OC(=O)C3CCNCC3)c(O)c(C(C)C)c2C1=O. The van der Waals surface area contributed by atoms with Gasteiger partial charge in [-0.25, -0.2) is 0 Å². The van der Waals surface area contributed by atoms with E-state index in [4.69, 9.17) is 4.74 Å². The van der Waals surface area contributed by atoms with Gasteiger partial charge in [-0.05, 0) is 57.7 Å². The average Bonchev–Trinajstić information content (AvgIpc) is 3.01. The number of piperidine rings is 1. The van der Waals surface area contributed by atoms with Crippen molar-refractivity contribution in [2.45, 2.75) is 66.2 Å². The second-order valence-corrected chi connectivity index (χ2v) is 12.5. The molecule has 11 heteroatoms. The highest BCUT2D eigenvalue weighted by Gasteiger charge is 2.44. The Bertz CT molecular complexity index is 1850. The van der Waals surface area contributed by atoms with Crippen molar-refractivity contribution in [1.29, 1.82) is 0 Å². The average molecular weight is 630 g/mol. The van der Waals surface area contributed by atoms with Crippen LogP contribution in [0.5, 0.6) is 23.0 Å². The van der Waals surface area contributed by atoms with Crippen molar-refractivity contribution in [1.82, 2.24) is 5.32 Å². The Balaban J connectivity index is 1.72. The molecule has 240 valence electrons. The summed E-state index contributed by atoms with van der Waals surface area (Å²) in [7, 11) is 0. The number of esters is 1. The van der Waals surface area contributed by atoms with Crippen LogP contribution in [0.25, 0.3) is 0 Å². The van der Waals surface area contributed by atoms with E-state index in [1.165, 1.54) is 13.8 Å². The van der Waals surface area contributed by atoms with Gasteiger partial charge in [0.2, 0.25) is 0 Å². The molecule has 5 rings (SSSR count). The number of hydrogen-bond donors (Lipinski definition) is 4. The van der Waals surface area contributed by atoms with Gasteiger partial charge in [-0.2, -0.15) is 0 Å². The van der Waals surface area contributed by atoms with E-state index in [9.17, 15) is 44.1 Å². The van der Waals surface area contributed by atoms with Crippen LogP contribution in [-0.2, 0) is 4.79 Å². The highest BCUT2D eigenvalue weighted by atomic mass is 16.5. The number of rotatable bonds is 6. The van der Waals surface area contributed by atoms with E-state index in [1.807, 2.05) is 0 Å². The van der Waals surface area contributed by atoms with Crippen LogP contribution >= 0.6 is 0 Å². The molecule has 4 N–H and O–H groups in total. The number of Topliss-reactive ketones (excluding diaryl/α,β-unsaturated/α-hetero) is 4. The van der Waals surface area contributed by atoms with Crippen LogP contribution in [0, 0.1) is 5.92 Å². The van der Waals surface area contributed by atoms with Crippen LogP contribution in [0.2, 0.25) is 0 Å². The van der Waals surface area contributed by atoms with Crippen molar-refractivity contribution in [2.24, 2.45) is 5.92 Å². The third-order valence-corrected chi connectivity index (χ3v) is 9.04. The summed E-state index contributed by atoms with van der Waals surface area (Å²) < 4.78 is 5.61. The van der Waals surface area contributed by atoms with E-state index in [0.717, 1.165) is 6.07 Å². The van der Waals surface area contributed by atoms with Crippen LogP contribution in [0.15, 0.2) is 28.4 Å². The highest BCUT2D eigenvalue weighted by Crippen LogP contribution is 2.48. The molecule has 0 unspecified atom stereocenters. The number of nitrogens with one attached hydrogen (secondary N) is 1. The van der Waals surface area contributed by atoms with Gasteiger partial charge in [-0.1, -0.05) is 27.7 Å². The number of ether oxygens (including phenoxy) is 1. The number of benzene rings is 2. The Labute approximate surface area is 265 Å². The molecule has 46 heavy (non-hydrogen) atoms. The van der Waals surface area contributed by atoms with Gasteiger partial charge in [0.1, 0.15) is 0 Å². The molecule has 0 amide bonds. The minimum Gasteiger partial charge on any atom is -0.504 e. The fourth-order valence-electron chi connectivity index (χ4n) is 6.69. The number of hydrogen-bond acceptors (Lipinski definition) is 11. The van der Waals surface area contributed by atoms with Crippen molar-refractivity contribution < 1.29 is 48.8 Å². The van der Waals surface area contributed by atoms with Gasteiger partial charge in [0.15, 0.2) is 52.4 Å². The zero-order chi connectivity index (χ0) is 33.9. The topological polar surface area (TPSA) is 184 Å². The molecule has 1 aliphatic heterocycles. The molecule has 0 spiro atoms. The molecule has 11 nitrogen and oxygen atoms in total. The van der Waals surface area contributed by atoms with E-state index in [0.29, 0.717) is 25.9 Å². The fraction of sp³-hybridized carbons (Fsp3) is 0.371. The molecular formula is C35H35NO10. The van der Waals surface area contributed by atoms with E-state index < -0.39 is 80.8 Å². The van der Waals surface area contributed by atoms with Gasteiger partial charge in [0, 0.05) is 55.7 Å². The Morgan fingerprint density at radius 1 is 0.783 bits per heavy atom. The number of aromatic hydroxyl groups is 3. The third kappa shape index (κ3) is 4.77. The lowest BCUT2D eigenvalue weighted by atomic mass is 9.71. The first-order valence-electron chi connectivity index (χ1n) is 15.2. The smallest absolute Gasteiger partial charge is 0.314 e. The molecule has 0 atom stereocenters. The summed E-state index contributed by atoms with van der Waals surface area (Å²) in [5, 5.41) is 35.7. The standard InChI is InChI=1S/C35H35NO10/c1-13(2)21-25-18(11-20(32(21)42)46-35(45)17-7-9-36-10-8-17)30(40)23(15(5)28(25)38)24-16(6)29(39)27-22(14(3)4)34(44)31(41)19(12-37)26(27)33(24)43/h11-14,17,36,41-42,44H,7-10H2,1-6H3. The molecule has 1 fully saturated rings. The highest BCUT2D eigenvalue weighted by molar-refractivity contribution is 6.38. The van der Waals surface area contributed by atoms with Gasteiger partial charge in [-0.3, -0.25) is 28.8 Å². The summed E-state index contributed by atoms with van der Waals surface area (Å²) in [6.45, 7) is 10.5. The number of aldehydes is 1. The van der Waals surface area contributed by atoms with E-state index in [2.05, 4.69) is 5.32 Å². The van der Waals surface area contributed by atoms with Crippen LogP contribution in [0.3, 0.4) is 0 Å². The zero-order valence-corrected chi connectivity index (χ0v) is 26.4. The molecule has 2 aliphatic carbocycles. The molecule has 2 aromatic rings. The molecule has 0 saturated carbocycles. The number of phenols is 3. The predicted octanol–water partition coefficient (Wildman–Crippen LogP) is 4.86. The maximum Gasteiger partial charge on any atom is 0.314 e. The van der Waals surface area contributed by atoms with Crippen LogP contribution in [-0.4, -0.2) is 63.8 Å². The summed E-state index contributed by atoms with van der Waals surface area (Å²) in [6, 6.07) is 1.11. The van der Waals surface area contributed by atoms with Crippen LogP contribution < -0.4 is 10.1 Å². The minimum absolute atomic E-state index is 0.0331. The molecule has 0 bridgehead atoms. The summed E-state index contributed by atoms with van der Waals surface area (Å²) in [6.07, 6.45) is 1.18. The van der Waals surface area contributed by atoms with Crippen molar-refractivity contribution in [3.05, 3.63) is 67.3 Å². The summed E-state index contributed by atoms with van der Waals surface area (Å²) in [5.74, 6) is -7.64. The first-order chi connectivity index (χ1) is 21.6. The molecule has 0 radical (unpaired) electrons. The molecule has 3 aliphatic rings. The van der Waals surface area contributed by atoms with E-state index in [-0.39, 0.29) is 56.6 Å². The second-order valence-electron chi connectivity index (χ2n) is 12.5. The van der Waals surface area contributed by atoms with Gasteiger partial charge in [0.05, 0.1) is 11.5 Å². The van der Waals surface area contributed by atoms with Crippen molar-refractivity contribution >= 4 is 35.4 Å². The van der Waals surface area contributed by atoms with E-state index >= 15 is 0 Å². The predicted molar refractivity (Wildman–Crippen MR) is 165 cm³/mol. The first kappa shape index (κ1) is 32.5. The number of carbonyl (C=O) groups is 6. The Morgan fingerprint density at radius 2 is 1.30 bits per heavy atom. The summed E-state index contributed by atoms with van der Waals surface area (Å²) in [4.78, 5) is 81.6. The number of allylic oxidation sites excluding steroid dienone is 4. The zero-order valence-electron chi connectivity index (χ0n) is 26.4. The normalized spacial score (nSPS) is 17.2. The largest absolute Gasteiger partial charge is 0.504 e. The molecule has 0 aromatic heterocycles. The molecular weight excluding hydrogens is 594 g/mol. The van der Waals surface area contributed by atoms with Gasteiger partial charge < -0.3 is 25.4 Å². The lowest BCUT2D eigenvalue weighted by Crippen LogP contribution is -2.34. The maximum absolute atomic E-state index is 14.4. The van der Waals surface area contributed by atoms with Gasteiger partial charge in [0.25, 0.3) is 0 Å². The lowest BCUT2D eigenvalue weighted by Gasteiger charge is -2.29. The van der Waals surface area contributed by atoms with Crippen LogP contribution in [0.1, 0.15) is 129 Å². The second kappa shape index (κ2) is 11.8.